The van der Waals surface area contributed by atoms with E-state index in [9.17, 15) is 22.2 Å². The van der Waals surface area contributed by atoms with Gasteiger partial charge in [0.05, 0.1) is 16.1 Å². The largest absolute Gasteiger partial charge is 0.456 e. The molecule has 0 saturated carbocycles. The fraction of sp³-hybridized carbons (Fsp3) is 0.269. The Kier molecular flexibility index (Phi) is 9.08. The number of rotatable bonds is 11. The molecule has 2 aromatic heterocycles. The summed E-state index contributed by atoms with van der Waals surface area (Å²) in [5, 5.41) is 6.15. The fourth-order valence-electron chi connectivity index (χ4n) is 3.80. The van der Waals surface area contributed by atoms with E-state index in [1.54, 1.807) is 24.5 Å². The van der Waals surface area contributed by atoms with Gasteiger partial charge in [-0.05, 0) is 48.9 Å². The summed E-state index contributed by atoms with van der Waals surface area (Å²) in [5.41, 5.74) is 1.20. The molecular formula is C26H25ClF3N5O3S. The highest BCUT2D eigenvalue weighted by molar-refractivity contribution is 7.84. The first kappa shape index (κ1) is 28.4. The highest BCUT2D eigenvalue weighted by Gasteiger charge is 2.30. The third kappa shape index (κ3) is 7.70. The van der Waals surface area contributed by atoms with Crippen molar-refractivity contribution in [2.45, 2.75) is 25.6 Å². The Labute approximate surface area is 230 Å². The lowest BCUT2D eigenvalue weighted by atomic mass is 10.2. The second-order valence-corrected chi connectivity index (χ2v) is 10.6. The zero-order valence-corrected chi connectivity index (χ0v) is 22.4. The molecular weight excluding hydrogens is 555 g/mol. The van der Waals surface area contributed by atoms with Crippen molar-refractivity contribution in [3.8, 4) is 11.5 Å². The summed E-state index contributed by atoms with van der Waals surface area (Å²) >= 11 is 6.38. The van der Waals surface area contributed by atoms with Crippen molar-refractivity contribution in [3.63, 3.8) is 0 Å². The summed E-state index contributed by atoms with van der Waals surface area (Å²) in [7, 11) is -0.956. The van der Waals surface area contributed by atoms with Crippen LogP contribution >= 0.6 is 11.6 Å². The van der Waals surface area contributed by atoms with E-state index in [0.717, 1.165) is 17.6 Å². The number of halogens is 4. The van der Waals surface area contributed by atoms with Gasteiger partial charge in [-0.15, -0.1) is 0 Å². The van der Waals surface area contributed by atoms with Crippen LogP contribution in [0.2, 0.25) is 5.02 Å². The predicted octanol–water partition coefficient (Wildman–Crippen LogP) is 5.91. The number of anilines is 2. The Hall–Kier alpha value is -3.64. The van der Waals surface area contributed by atoms with Crippen molar-refractivity contribution in [2.24, 2.45) is 0 Å². The molecule has 0 aliphatic heterocycles. The number of carbonyl (C=O) groups excluding carboxylic acids is 1. The van der Waals surface area contributed by atoms with Gasteiger partial charge in [0.1, 0.15) is 23.3 Å². The summed E-state index contributed by atoms with van der Waals surface area (Å²) < 4.78 is 57.7. The minimum absolute atomic E-state index is 0.0109. The van der Waals surface area contributed by atoms with Crippen molar-refractivity contribution in [3.05, 3.63) is 71.6 Å². The Morgan fingerprint density at radius 3 is 2.72 bits per heavy atom. The number of aromatic nitrogens is 3. The van der Waals surface area contributed by atoms with Crippen LogP contribution in [-0.4, -0.2) is 43.2 Å². The first-order chi connectivity index (χ1) is 18.6. The number of fused-ring (bicyclic) bond motifs is 1. The van der Waals surface area contributed by atoms with Crippen molar-refractivity contribution in [1.82, 2.24) is 19.9 Å². The quantitative estimate of drug-likeness (QED) is 0.229. The molecule has 0 radical (unpaired) electrons. The normalized spacial score (nSPS) is 12.3. The monoisotopic (exact) mass is 579 g/mol. The molecule has 1 unspecified atom stereocenters. The zero-order valence-electron chi connectivity index (χ0n) is 20.8. The van der Waals surface area contributed by atoms with Gasteiger partial charge in [0.25, 0.3) is 0 Å². The molecule has 0 aliphatic rings. The Balaban J connectivity index is 1.44. The molecule has 8 nitrogen and oxygen atoms in total. The molecule has 13 heteroatoms. The highest BCUT2D eigenvalue weighted by Crippen LogP contribution is 2.36. The second-order valence-electron chi connectivity index (χ2n) is 8.59. The standard InChI is InChI=1S/C26H25ClF3N5O3S/c1-39(37)13-10-31-23(36)6-3-11-35-12-9-21-24(35)25(33-16-32-21)34-18-7-8-22(20(27)15-18)38-19-5-2-4-17(14-19)26(28,29)30/h2,4-5,7-9,12,14-16H,3,6,10-11,13H2,1H3,(H,31,36)(H,32,33,34). The third-order valence-electron chi connectivity index (χ3n) is 5.65. The average molecular weight is 580 g/mol. The van der Waals surface area contributed by atoms with Crippen LogP contribution in [0.1, 0.15) is 18.4 Å². The smallest absolute Gasteiger partial charge is 0.416 e. The van der Waals surface area contributed by atoms with Crippen molar-refractivity contribution >= 4 is 50.8 Å². The first-order valence-electron chi connectivity index (χ1n) is 11.9. The zero-order chi connectivity index (χ0) is 28.0. The molecule has 1 atom stereocenters. The highest BCUT2D eigenvalue weighted by atomic mass is 35.5. The molecule has 39 heavy (non-hydrogen) atoms. The van der Waals surface area contributed by atoms with E-state index >= 15 is 0 Å². The number of carbonyl (C=O) groups is 1. The summed E-state index contributed by atoms with van der Waals surface area (Å²) in [6.45, 7) is 0.922. The molecule has 2 N–H and O–H groups in total. The number of benzene rings is 2. The molecule has 2 aromatic carbocycles. The number of alkyl halides is 3. The SMILES string of the molecule is CS(=O)CCNC(=O)CCCn1ccc2ncnc(Nc3ccc(Oc4cccc(C(F)(F)F)c4)c(Cl)c3)c21. The van der Waals surface area contributed by atoms with Crippen molar-refractivity contribution in [1.29, 1.82) is 0 Å². The van der Waals surface area contributed by atoms with Crippen LogP contribution in [0.25, 0.3) is 11.0 Å². The lowest BCUT2D eigenvalue weighted by molar-refractivity contribution is -0.137. The van der Waals surface area contributed by atoms with Crippen LogP contribution in [0, 0.1) is 0 Å². The predicted molar refractivity (Wildman–Crippen MR) is 145 cm³/mol. The molecule has 1 amide bonds. The minimum Gasteiger partial charge on any atom is -0.456 e. The summed E-state index contributed by atoms with van der Waals surface area (Å²) in [4.78, 5) is 20.7. The molecule has 0 spiro atoms. The molecule has 0 fully saturated rings. The van der Waals surface area contributed by atoms with Gasteiger partial charge in [0.15, 0.2) is 5.82 Å². The maximum absolute atomic E-state index is 13.0. The summed E-state index contributed by atoms with van der Waals surface area (Å²) in [6, 6.07) is 11.2. The summed E-state index contributed by atoms with van der Waals surface area (Å²) in [5.74, 6) is 1.04. The van der Waals surface area contributed by atoms with Crippen LogP contribution in [0.15, 0.2) is 61.1 Å². The molecule has 2 heterocycles. The Morgan fingerprint density at radius 1 is 1.15 bits per heavy atom. The molecule has 0 bridgehead atoms. The van der Waals surface area contributed by atoms with E-state index in [2.05, 4.69) is 20.6 Å². The first-order valence-corrected chi connectivity index (χ1v) is 14.0. The topological polar surface area (TPSA) is 98.1 Å². The lowest BCUT2D eigenvalue weighted by Crippen LogP contribution is -2.27. The van der Waals surface area contributed by atoms with Gasteiger partial charge >= 0.3 is 6.18 Å². The number of nitrogens with one attached hydrogen (secondary N) is 2. The van der Waals surface area contributed by atoms with Gasteiger partial charge in [0.2, 0.25) is 5.91 Å². The van der Waals surface area contributed by atoms with Crippen LogP contribution in [0.3, 0.4) is 0 Å². The Morgan fingerprint density at radius 2 is 1.97 bits per heavy atom. The molecule has 206 valence electrons. The van der Waals surface area contributed by atoms with Crippen molar-refractivity contribution in [2.75, 3.05) is 23.9 Å². The number of hydrogen-bond acceptors (Lipinski definition) is 6. The van der Waals surface area contributed by atoms with E-state index in [0.29, 0.717) is 48.7 Å². The summed E-state index contributed by atoms with van der Waals surface area (Å²) in [6.07, 6.45) is 1.28. The van der Waals surface area contributed by atoms with E-state index in [4.69, 9.17) is 16.3 Å². The molecule has 4 aromatic rings. The van der Waals surface area contributed by atoms with Gasteiger partial charge in [-0.3, -0.25) is 9.00 Å². The third-order valence-corrected chi connectivity index (χ3v) is 6.72. The maximum Gasteiger partial charge on any atom is 0.416 e. The lowest BCUT2D eigenvalue weighted by Gasteiger charge is -2.13. The number of amides is 1. The number of aryl methyl sites for hydroxylation is 1. The van der Waals surface area contributed by atoms with Gasteiger partial charge in [-0.1, -0.05) is 17.7 Å². The minimum atomic E-state index is -4.48. The van der Waals surface area contributed by atoms with Gasteiger partial charge < -0.3 is 19.9 Å². The van der Waals surface area contributed by atoms with Crippen molar-refractivity contribution < 1.29 is 26.9 Å². The Bertz CT molecular complexity index is 1500. The van der Waals surface area contributed by atoms with Crippen LogP contribution in [-0.2, 0) is 28.3 Å². The average Bonchev–Trinajstić information content (AvgIpc) is 3.29. The number of ether oxygens (including phenoxy) is 1. The number of hydrogen-bond donors (Lipinski definition) is 2. The van der Waals surface area contributed by atoms with Crippen LogP contribution in [0.4, 0.5) is 24.7 Å². The fourth-order valence-corrected chi connectivity index (χ4v) is 4.41. The molecule has 0 aliphatic carbocycles. The van der Waals surface area contributed by atoms with E-state index in [-0.39, 0.29) is 22.4 Å². The maximum atomic E-state index is 13.0. The second kappa shape index (κ2) is 12.5. The van der Waals surface area contributed by atoms with E-state index < -0.39 is 22.5 Å². The van der Waals surface area contributed by atoms with Gasteiger partial charge in [-0.2, -0.15) is 13.2 Å². The molecule has 4 rings (SSSR count). The van der Waals surface area contributed by atoms with E-state index in [1.165, 1.54) is 18.5 Å². The molecule has 0 saturated heterocycles. The van der Waals surface area contributed by atoms with Gasteiger partial charge in [0, 0.05) is 54.2 Å². The number of nitrogens with zero attached hydrogens (tertiary/aromatic N) is 3. The van der Waals surface area contributed by atoms with E-state index in [1.807, 2.05) is 16.8 Å². The van der Waals surface area contributed by atoms with Crippen LogP contribution in [0.5, 0.6) is 11.5 Å². The van der Waals surface area contributed by atoms with Crippen LogP contribution < -0.4 is 15.4 Å². The van der Waals surface area contributed by atoms with Gasteiger partial charge in [-0.25, -0.2) is 9.97 Å².